The maximum absolute atomic E-state index is 6.05. The number of hydrogen-bond acceptors (Lipinski definition) is 5. The van der Waals surface area contributed by atoms with Gasteiger partial charge in [-0.1, -0.05) is 6.07 Å². The molecule has 3 heterocycles. The Bertz CT molecular complexity index is 393. The summed E-state index contributed by atoms with van der Waals surface area (Å²) in [6.45, 7) is 3.74. The molecule has 5 nitrogen and oxygen atoms in total. The minimum absolute atomic E-state index is 0.134. The summed E-state index contributed by atoms with van der Waals surface area (Å²) in [6.07, 6.45) is 5.47. The van der Waals surface area contributed by atoms with Gasteiger partial charge in [0.15, 0.2) is 5.79 Å². The van der Waals surface area contributed by atoms with Crippen molar-refractivity contribution in [1.29, 1.82) is 0 Å². The summed E-state index contributed by atoms with van der Waals surface area (Å²) >= 11 is 0. The summed E-state index contributed by atoms with van der Waals surface area (Å²) in [5.74, 6) is -0.376. The smallest absolute Gasteiger partial charge is 0.173 e. The molecule has 2 aliphatic rings. The number of nitrogens with one attached hydrogen (secondary N) is 1. The van der Waals surface area contributed by atoms with Crippen LogP contribution in [0.2, 0.25) is 0 Å². The molecule has 5 heteroatoms. The first kappa shape index (κ1) is 13.0. The van der Waals surface area contributed by atoms with E-state index in [1.165, 1.54) is 5.56 Å². The average molecular weight is 264 g/mol. The van der Waals surface area contributed by atoms with Crippen LogP contribution in [0.4, 0.5) is 0 Å². The molecule has 1 N–H and O–H groups in total. The Balaban J connectivity index is 1.42. The van der Waals surface area contributed by atoms with E-state index in [0.717, 1.165) is 39.1 Å². The lowest BCUT2D eigenvalue weighted by molar-refractivity contribution is -0.210. The molecule has 0 amide bonds. The Kier molecular flexibility index (Phi) is 4.08. The van der Waals surface area contributed by atoms with Crippen molar-refractivity contribution in [3.05, 3.63) is 30.1 Å². The van der Waals surface area contributed by atoms with Crippen molar-refractivity contribution in [1.82, 2.24) is 10.3 Å². The van der Waals surface area contributed by atoms with E-state index in [-0.39, 0.29) is 11.9 Å². The standard InChI is InChI=1S/C14H20N2O3/c1-2-12(8-15-5-1)9-16-10-13-11-18-14(19-13)3-6-17-7-4-14/h1-2,5,8,13,16H,3-4,6-7,9-11H2. The third-order valence-corrected chi connectivity index (χ3v) is 3.59. The predicted molar refractivity (Wildman–Crippen MR) is 69.6 cm³/mol. The third kappa shape index (κ3) is 3.30. The number of pyridine rings is 1. The Morgan fingerprint density at radius 1 is 1.37 bits per heavy atom. The van der Waals surface area contributed by atoms with Crippen LogP contribution in [0.3, 0.4) is 0 Å². The van der Waals surface area contributed by atoms with Crippen molar-refractivity contribution in [2.45, 2.75) is 31.3 Å². The van der Waals surface area contributed by atoms with Gasteiger partial charge < -0.3 is 19.5 Å². The molecular weight excluding hydrogens is 244 g/mol. The minimum atomic E-state index is -0.376. The molecule has 104 valence electrons. The SMILES string of the molecule is c1cncc(CNCC2COC3(CCOCC3)O2)c1. The van der Waals surface area contributed by atoms with Crippen LogP contribution in [-0.4, -0.2) is 43.2 Å². The van der Waals surface area contributed by atoms with Crippen LogP contribution in [-0.2, 0) is 20.8 Å². The van der Waals surface area contributed by atoms with Gasteiger partial charge in [0.25, 0.3) is 0 Å². The topological polar surface area (TPSA) is 52.6 Å². The molecule has 1 unspecified atom stereocenters. The number of rotatable bonds is 4. The second-order valence-electron chi connectivity index (χ2n) is 5.07. The van der Waals surface area contributed by atoms with E-state index in [9.17, 15) is 0 Å². The molecule has 1 aromatic rings. The van der Waals surface area contributed by atoms with Gasteiger partial charge in [-0.2, -0.15) is 0 Å². The van der Waals surface area contributed by atoms with Crippen molar-refractivity contribution in [2.24, 2.45) is 0 Å². The van der Waals surface area contributed by atoms with Gasteiger partial charge in [0.05, 0.1) is 25.9 Å². The normalized spacial score (nSPS) is 25.8. The second kappa shape index (κ2) is 5.96. The van der Waals surface area contributed by atoms with Gasteiger partial charge in [0.2, 0.25) is 0 Å². The zero-order valence-electron chi connectivity index (χ0n) is 11.0. The molecule has 0 saturated carbocycles. The molecule has 19 heavy (non-hydrogen) atoms. The first-order chi connectivity index (χ1) is 9.36. The summed E-state index contributed by atoms with van der Waals surface area (Å²) in [5.41, 5.74) is 1.18. The molecule has 0 radical (unpaired) electrons. The third-order valence-electron chi connectivity index (χ3n) is 3.59. The van der Waals surface area contributed by atoms with E-state index in [1.54, 1.807) is 6.20 Å². The van der Waals surface area contributed by atoms with Gasteiger partial charge in [0, 0.05) is 38.3 Å². The van der Waals surface area contributed by atoms with Gasteiger partial charge in [-0.25, -0.2) is 0 Å². The fourth-order valence-electron chi connectivity index (χ4n) is 2.54. The average Bonchev–Trinajstić information content (AvgIpc) is 2.84. The Hall–Kier alpha value is -1.01. The van der Waals surface area contributed by atoms with Crippen LogP contribution < -0.4 is 5.32 Å². The van der Waals surface area contributed by atoms with Crippen molar-refractivity contribution in [3.63, 3.8) is 0 Å². The van der Waals surface area contributed by atoms with Crippen molar-refractivity contribution >= 4 is 0 Å². The second-order valence-corrected chi connectivity index (χ2v) is 5.07. The fraction of sp³-hybridized carbons (Fsp3) is 0.643. The van der Waals surface area contributed by atoms with Gasteiger partial charge in [0.1, 0.15) is 0 Å². The lowest BCUT2D eigenvalue weighted by Crippen LogP contribution is -2.39. The van der Waals surface area contributed by atoms with Crippen molar-refractivity contribution < 1.29 is 14.2 Å². The zero-order chi connectivity index (χ0) is 13.0. The minimum Gasteiger partial charge on any atom is -0.381 e. The molecule has 1 atom stereocenters. The van der Waals surface area contributed by atoms with E-state index in [4.69, 9.17) is 14.2 Å². The molecule has 0 aromatic carbocycles. The molecule has 2 saturated heterocycles. The van der Waals surface area contributed by atoms with Gasteiger partial charge in [-0.05, 0) is 11.6 Å². The number of nitrogens with zero attached hydrogens (tertiary/aromatic N) is 1. The monoisotopic (exact) mass is 264 g/mol. The van der Waals surface area contributed by atoms with Crippen LogP contribution >= 0.6 is 0 Å². The largest absolute Gasteiger partial charge is 0.381 e. The van der Waals surface area contributed by atoms with Gasteiger partial charge in [-0.15, -0.1) is 0 Å². The van der Waals surface area contributed by atoms with Crippen molar-refractivity contribution in [2.75, 3.05) is 26.4 Å². The molecule has 0 bridgehead atoms. The molecule has 1 aromatic heterocycles. The van der Waals surface area contributed by atoms with E-state index in [0.29, 0.717) is 6.61 Å². The highest BCUT2D eigenvalue weighted by Gasteiger charge is 2.42. The quantitative estimate of drug-likeness (QED) is 0.882. The number of ether oxygens (including phenoxy) is 3. The lowest BCUT2D eigenvalue weighted by Gasteiger charge is -2.31. The fourth-order valence-corrected chi connectivity index (χ4v) is 2.54. The Morgan fingerprint density at radius 3 is 3.05 bits per heavy atom. The molecule has 0 aliphatic carbocycles. The lowest BCUT2D eigenvalue weighted by atomic mass is 10.1. The van der Waals surface area contributed by atoms with E-state index < -0.39 is 0 Å². The van der Waals surface area contributed by atoms with Crippen LogP contribution in [0.15, 0.2) is 24.5 Å². The van der Waals surface area contributed by atoms with E-state index in [2.05, 4.69) is 16.4 Å². The highest BCUT2D eigenvalue weighted by atomic mass is 16.7. The molecule has 1 spiro atoms. The van der Waals surface area contributed by atoms with Crippen LogP contribution in [0.1, 0.15) is 18.4 Å². The summed E-state index contributed by atoms with van der Waals surface area (Å²) in [5, 5.41) is 3.39. The van der Waals surface area contributed by atoms with Crippen LogP contribution in [0.25, 0.3) is 0 Å². The molecule has 3 rings (SSSR count). The first-order valence-electron chi connectivity index (χ1n) is 6.85. The summed E-state index contributed by atoms with van der Waals surface area (Å²) in [7, 11) is 0. The van der Waals surface area contributed by atoms with Crippen LogP contribution in [0.5, 0.6) is 0 Å². The zero-order valence-corrected chi connectivity index (χ0v) is 11.0. The molecule has 2 fully saturated rings. The highest BCUT2D eigenvalue weighted by molar-refractivity contribution is 5.07. The first-order valence-corrected chi connectivity index (χ1v) is 6.85. The van der Waals surface area contributed by atoms with Gasteiger partial charge in [-0.3, -0.25) is 4.98 Å². The molecular formula is C14H20N2O3. The number of aromatic nitrogens is 1. The summed E-state index contributed by atoms with van der Waals surface area (Å²) in [6, 6.07) is 4.01. The van der Waals surface area contributed by atoms with Crippen LogP contribution in [0, 0.1) is 0 Å². The summed E-state index contributed by atoms with van der Waals surface area (Å²) in [4.78, 5) is 4.09. The summed E-state index contributed by atoms with van der Waals surface area (Å²) < 4.78 is 17.2. The Labute approximate surface area is 113 Å². The van der Waals surface area contributed by atoms with Gasteiger partial charge >= 0.3 is 0 Å². The maximum atomic E-state index is 6.05. The Morgan fingerprint density at radius 2 is 2.26 bits per heavy atom. The van der Waals surface area contributed by atoms with Crippen molar-refractivity contribution in [3.8, 4) is 0 Å². The van der Waals surface area contributed by atoms with E-state index >= 15 is 0 Å². The molecule has 2 aliphatic heterocycles. The highest BCUT2D eigenvalue weighted by Crippen LogP contribution is 2.32. The number of hydrogen-bond donors (Lipinski definition) is 1. The predicted octanol–water partition coefficient (Wildman–Crippen LogP) is 1.09. The van der Waals surface area contributed by atoms with E-state index in [1.807, 2.05) is 12.3 Å². The maximum Gasteiger partial charge on any atom is 0.173 e.